The Morgan fingerprint density at radius 1 is 1.53 bits per heavy atom. The highest BCUT2D eigenvalue weighted by atomic mass is 32.1. The fraction of sp³-hybridized carbons (Fsp3) is 0.0909. The number of hydrogen-bond donors (Lipinski definition) is 1. The van der Waals surface area contributed by atoms with Gasteiger partial charge in [0.25, 0.3) is 0 Å². The molecule has 0 aliphatic carbocycles. The summed E-state index contributed by atoms with van der Waals surface area (Å²) in [5, 5.41) is 14.9. The maximum Gasteiger partial charge on any atom is 0.232 e. The lowest BCUT2D eigenvalue weighted by Crippen LogP contribution is -1.93. The summed E-state index contributed by atoms with van der Waals surface area (Å²) >= 11 is 1.29. The molecular weight excluding hydrogens is 264 g/mol. The van der Waals surface area contributed by atoms with Gasteiger partial charge in [0.15, 0.2) is 11.5 Å². The molecule has 0 aromatic carbocycles. The van der Waals surface area contributed by atoms with Crippen LogP contribution in [0.2, 0.25) is 0 Å². The van der Waals surface area contributed by atoms with E-state index < -0.39 is 0 Å². The first-order chi connectivity index (χ1) is 9.24. The second kappa shape index (κ2) is 4.22. The molecule has 2 N–H and O–H groups in total. The van der Waals surface area contributed by atoms with Crippen LogP contribution in [0.4, 0.5) is 5.82 Å². The summed E-state index contributed by atoms with van der Waals surface area (Å²) in [7, 11) is 1.56. The summed E-state index contributed by atoms with van der Waals surface area (Å²) in [6.45, 7) is 0. The van der Waals surface area contributed by atoms with Crippen LogP contribution in [0.5, 0.6) is 5.88 Å². The van der Waals surface area contributed by atoms with E-state index in [0.717, 1.165) is 11.1 Å². The van der Waals surface area contributed by atoms with Crippen molar-refractivity contribution in [2.75, 3.05) is 12.8 Å². The summed E-state index contributed by atoms with van der Waals surface area (Å²) in [5.74, 6) is 0.703. The highest BCUT2D eigenvalue weighted by Gasteiger charge is 2.14. The molecule has 0 bridgehead atoms. The molecule has 0 amide bonds. The van der Waals surface area contributed by atoms with E-state index >= 15 is 0 Å². The minimum absolute atomic E-state index is 0.169. The zero-order chi connectivity index (χ0) is 13.4. The van der Waals surface area contributed by atoms with Gasteiger partial charge in [0.05, 0.1) is 12.7 Å². The molecule has 94 valence electrons. The molecule has 19 heavy (non-hydrogen) atoms. The number of nitriles is 1. The quantitative estimate of drug-likeness (QED) is 0.754. The first-order valence-corrected chi connectivity index (χ1v) is 6.11. The molecule has 0 saturated heterocycles. The SMILES string of the molecule is COc1nscc1-c1cnc2c(C#N)c(N)nn2c1. The molecule has 0 aliphatic heterocycles. The van der Waals surface area contributed by atoms with Gasteiger partial charge in [-0.1, -0.05) is 0 Å². The van der Waals surface area contributed by atoms with E-state index in [2.05, 4.69) is 14.5 Å². The molecule has 0 saturated carbocycles. The molecule has 0 aliphatic rings. The Morgan fingerprint density at radius 2 is 2.37 bits per heavy atom. The number of anilines is 1. The molecule has 0 atom stereocenters. The van der Waals surface area contributed by atoms with Gasteiger partial charge in [-0.3, -0.25) is 0 Å². The van der Waals surface area contributed by atoms with Gasteiger partial charge in [-0.2, -0.15) is 9.64 Å². The van der Waals surface area contributed by atoms with Crippen LogP contribution in [0.1, 0.15) is 5.56 Å². The average molecular weight is 272 g/mol. The van der Waals surface area contributed by atoms with Crippen LogP contribution < -0.4 is 10.5 Å². The monoisotopic (exact) mass is 272 g/mol. The second-order valence-corrected chi connectivity index (χ2v) is 4.35. The van der Waals surface area contributed by atoms with E-state index in [0.29, 0.717) is 11.5 Å². The number of nitrogens with zero attached hydrogens (tertiary/aromatic N) is 5. The third kappa shape index (κ3) is 1.68. The van der Waals surface area contributed by atoms with Crippen molar-refractivity contribution in [3.63, 3.8) is 0 Å². The Labute approximate surface area is 112 Å². The highest BCUT2D eigenvalue weighted by molar-refractivity contribution is 7.04. The van der Waals surface area contributed by atoms with Gasteiger partial charge in [-0.05, 0) is 11.5 Å². The van der Waals surface area contributed by atoms with E-state index in [1.807, 2.05) is 11.4 Å². The van der Waals surface area contributed by atoms with Crippen molar-refractivity contribution in [1.29, 1.82) is 5.26 Å². The third-order valence-corrected chi connectivity index (χ3v) is 3.26. The minimum Gasteiger partial charge on any atom is -0.480 e. The largest absolute Gasteiger partial charge is 0.480 e. The predicted molar refractivity (Wildman–Crippen MR) is 69.8 cm³/mol. The molecule has 3 aromatic rings. The smallest absolute Gasteiger partial charge is 0.232 e. The zero-order valence-corrected chi connectivity index (χ0v) is 10.7. The van der Waals surface area contributed by atoms with Crippen LogP contribution >= 0.6 is 11.5 Å². The molecule has 0 radical (unpaired) electrons. The lowest BCUT2D eigenvalue weighted by atomic mass is 10.2. The Bertz CT molecular complexity index is 799. The number of ether oxygens (including phenoxy) is 1. The minimum atomic E-state index is 0.169. The van der Waals surface area contributed by atoms with E-state index in [9.17, 15) is 0 Å². The predicted octanol–water partition coefficient (Wildman–Crippen LogP) is 1.32. The number of rotatable bonds is 2. The van der Waals surface area contributed by atoms with Gasteiger partial charge in [0, 0.05) is 23.3 Å². The number of hydrogen-bond acceptors (Lipinski definition) is 7. The standard InChI is InChI=1S/C11H8N6OS/c1-18-11-8(5-19-16-11)6-3-14-10-7(2-12)9(13)15-17(10)4-6/h3-5H,1H3,(H2,13,15). The molecule has 0 unspecified atom stereocenters. The molecule has 0 fully saturated rings. The van der Waals surface area contributed by atoms with Gasteiger partial charge < -0.3 is 10.5 Å². The maximum absolute atomic E-state index is 8.99. The summed E-state index contributed by atoms with van der Waals surface area (Å²) in [5.41, 5.74) is 8.00. The molecule has 7 nitrogen and oxygen atoms in total. The van der Waals surface area contributed by atoms with Crippen LogP contribution in [0.25, 0.3) is 16.8 Å². The number of methoxy groups -OCH3 is 1. The molecule has 0 spiro atoms. The first kappa shape index (κ1) is 11.4. The molecule has 8 heteroatoms. The molecule has 3 heterocycles. The number of aromatic nitrogens is 4. The number of nitrogen functional groups attached to an aromatic ring is 1. The lowest BCUT2D eigenvalue weighted by Gasteiger charge is -2.01. The van der Waals surface area contributed by atoms with Crippen molar-refractivity contribution in [1.82, 2.24) is 19.0 Å². The van der Waals surface area contributed by atoms with Crippen LogP contribution in [-0.4, -0.2) is 26.1 Å². The number of nitrogens with two attached hydrogens (primary N) is 1. The van der Waals surface area contributed by atoms with Crippen molar-refractivity contribution >= 4 is 23.0 Å². The summed E-state index contributed by atoms with van der Waals surface area (Å²) in [6.07, 6.45) is 3.38. The third-order valence-electron chi connectivity index (χ3n) is 2.65. The molecular formula is C11H8N6OS. The zero-order valence-electron chi connectivity index (χ0n) is 9.86. The second-order valence-electron chi connectivity index (χ2n) is 3.72. The van der Waals surface area contributed by atoms with Crippen molar-refractivity contribution in [2.45, 2.75) is 0 Å². The average Bonchev–Trinajstić information content (AvgIpc) is 3.00. The Hall–Kier alpha value is -2.66. The Kier molecular flexibility index (Phi) is 2.54. The number of fused-ring (bicyclic) bond motifs is 1. The van der Waals surface area contributed by atoms with Crippen molar-refractivity contribution in [2.24, 2.45) is 0 Å². The summed E-state index contributed by atoms with van der Waals surface area (Å²) in [4.78, 5) is 4.22. The van der Waals surface area contributed by atoms with Crippen LogP contribution in [0.15, 0.2) is 17.8 Å². The van der Waals surface area contributed by atoms with E-state index in [4.69, 9.17) is 15.7 Å². The van der Waals surface area contributed by atoms with Gasteiger partial charge in [0.2, 0.25) is 5.88 Å². The van der Waals surface area contributed by atoms with Crippen LogP contribution in [0, 0.1) is 11.3 Å². The summed E-state index contributed by atoms with van der Waals surface area (Å²) in [6, 6.07) is 1.99. The van der Waals surface area contributed by atoms with Crippen molar-refractivity contribution in [3.05, 3.63) is 23.3 Å². The topological polar surface area (TPSA) is 102 Å². The molecule has 3 rings (SSSR count). The first-order valence-electron chi connectivity index (χ1n) is 5.27. The van der Waals surface area contributed by atoms with Crippen molar-refractivity contribution < 1.29 is 4.74 Å². The normalized spacial score (nSPS) is 10.5. The van der Waals surface area contributed by atoms with Gasteiger partial charge in [0.1, 0.15) is 11.6 Å². The van der Waals surface area contributed by atoms with E-state index in [-0.39, 0.29) is 11.4 Å². The van der Waals surface area contributed by atoms with Crippen LogP contribution in [-0.2, 0) is 0 Å². The van der Waals surface area contributed by atoms with Crippen LogP contribution in [0.3, 0.4) is 0 Å². The lowest BCUT2D eigenvalue weighted by molar-refractivity contribution is 0.404. The Balaban J connectivity index is 2.21. The summed E-state index contributed by atoms with van der Waals surface area (Å²) < 4.78 is 10.8. The van der Waals surface area contributed by atoms with Gasteiger partial charge in [-0.15, -0.1) is 5.10 Å². The fourth-order valence-corrected chi connectivity index (χ4v) is 2.43. The van der Waals surface area contributed by atoms with Gasteiger partial charge >= 0.3 is 0 Å². The molecule has 3 aromatic heterocycles. The van der Waals surface area contributed by atoms with E-state index in [1.54, 1.807) is 19.5 Å². The Morgan fingerprint density at radius 3 is 3.11 bits per heavy atom. The van der Waals surface area contributed by atoms with E-state index in [1.165, 1.54) is 16.0 Å². The van der Waals surface area contributed by atoms with Gasteiger partial charge in [-0.25, -0.2) is 9.50 Å². The highest BCUT2D eigenvalue weighted by Crippen LogP contribution is 2.30. The fourth-order valence-electron chi connectivity index (χ4n) is 1.76. The maximum atomic E-state index is 8.99. The van der Waals surface area contributed by atoms with Crippen molar-refractivity contribution in [3.8, 4) is 23.1 Å².